The van der Waals surface area contributed by atoms with Crippen molar-refractivity contribution >= 4 is 17.7 Å². The van der Waals surface area contributed by atoms with Gasteiger partial charge in [0, 0.05) is 12.1 Å². The molecule has 34 heavy (non-hydrogen) atoms. The van der Waals surface area contributed by atoms with Gasteiger partial charge in [0.05, 0.1) is 17.7 Å². The number of benzene rings is 3. The zero-order valence-electron chi connectivity index (χ0n) is 17.8. The predicted molar refractivity (Wildman–Crippen MR) is 116 cm³/mol. The van der Waals surface area contributed by atoms with Gasteiger partial charge >= 0.3 is 6.18 Å². The van der Waals surface area contributed by atoms with E-state index in [1.165, 1.54) is 12.1 Å². The quantitative estimate of drug-likeness (QED) is 0.523. The first kappa shape index (κ1) is 23.0. The Labute approximate surface area is 192 Å². The predicted octanol–water partition coefficient (Wildman–Crippen LogP) is 4.35. The number of hydrogen-bond acceptors (Lipinski definition) is 4. The summed E-state index contributed by atoms with van der Waals surface area (Å²) >= 11 is 0. The first-order chi connectivity index (χ1) is 16.2. The minimum absolute atomic E-state index is 0.0346. The Hall–Kier alpha value is -4.14. The molecule has 0 saturated heterocycles. The van der Waals surface area contributed by atoms with Crippen molar-refractivity contribution in [1.29, 1.82) is 0 Å². The smallest absolute Gasteiger partial charge is 0.422 e. The van der Waals surface area contributed by atoms with Crippen molar-refractivity contribution in [3.63, 3.8) is 0 Å². The minimum Gasteiger partial charge on any atom is -0.484 e. The van der Waals surface area contributed by atoms with Crippen LogP contribution in [0.4, 0.5) is 13.2 Å². The summed E-state index contributed by atoms with van der Waals surface area (Å²) in [5.41, 5.74) is 2.36. The summed E-state index contributed by atoms with van der Waals surface area (Å²) in [4.78, 5) is 38.9. The molecule has 0 aromatic heterocycles. The van der Waals surface area contributed by atoms with Crippen molar-refractivity contribution in [3.05, 3.63) is 101 Å². The average Bonchev–Trinajstić information content (AvgIpc) is 3.06. The Morgan fingerprint density at radius 1 is 0.853 bits per heavy atom. The summed E-state index contributed by atoms with van der Waals surface area (Å²) in [5.74, 6) is -1.05. The molecule has 1 aliphatic heterocycles. The van der Waals surface area contributed by atoms with Gasteiger partial charge in [0.25, 0.3) is 17.7 Å². The molecule has 174 valence electrons. The monoisotopic (exact) mass is 468 g/mol. The number of rotatable bonds is 7. The number of ether oxygens (including phenoxy) is 1. The van der Waals surface area contributed by atoms with Crippen molar-refractivity contribution in [2.24, 2.45) is 0 Å². The van der Waals surface area contributed by atoms with Gasteiger partial charge in [-0.2, -0.15) is 13.2 Å². The Kier molecular flexibility index (Phi) is 6.36. The third-order valence-electron chi connectivity index (χ3n) is 5.19. The van der Waals surface area contributed by atoms with Crippen LogP contribution in [0.25, 0.3) is 0 Å². The highest BCUT2D eigenvalue weighted by Crippen LogP contribution is 2.24. The van der Waals surface area contributed by atoms with Crippen LogP contribution in [-0.2, 0) is 13.1 Å². The molecule has 0 fully saturated rings. The molecule has 0 unspecified atom stereocenters. The van der Waals surface area contributed by atoms with E-state index in [0.29, 0.717) is 27.8 Å². The van der Waals surface area contributed by atoms with Crippen LogP contribution in [0.15, 0.2) is 72.8 Å². The first-order valence-corrected chi connectivity index (χ1v) is 10.3. The van der Waals surface area contributed by atoms with Gasteiger partial charge in [0.15, 0.2) is 6.61 Å². The van der Waals surface area contributed by atoms with Gasteiger partial charge < -0.3 is 10.1 Å². The molecule has 0 radical (unpaired) electrons. The number of amides is 3. The number of nitrogens with zero attached hydrogens (tertiary/aromatic N) is 1. The number of fused-ring (bicyclic) bond motifs is 1. The Morgan fingerprint density at radius 3 is 2.12 bits per heavy atom. The molecule has 1 heterocycles. The second-order valence-corrected chi connectivity index (χ2v) is 7.67. The number of hydrogen-bond donors (Lipinski definition) is 1. The van der Waals surface area contributed by atoms with Gasteiger partial charge in [-0.3, -0.25) is 19.3 Å². The van der Waals surface area contributed by atoms with Crippen molar-refractivity contribution in [2.45, 2.75) is 19.3 Å². The molecule has 1 aliphatic rings. The van der Waals surface area contributed by atoms with Crippen LogP contribution in [0.5, 0.6) is 5.75 Å². The molecule has 4 rings (SSSR count). The van der Waals surface area contributed by atoms with Gasteiger partial charge in [-0.1, -0.05) is 36.4 Å². The third-order valence-corrected chi connectivity index (χ3v) is 5.19. The van der Waals surface area contributed by atoms with Crippen LogP contribution in [0.3, 0.4) is 0 Å². The lowest BCUT2D eigenvalue weighted by Crippen LogP contribution is -2.29. The van der Waals surface area contributed by atoms with Crippen molar-refractivity contribution in [3.8, 4) is 5.75 Å². The number of carbonyl (C=O) groups excluding carboxylic acids is 3. The molecular weight excluding hydrogens is 449 g/mol. The van der Waals surface area contributed by atoms with E-state index >= 15 is 0 Å². The normalized spacial score (nSPS) is 13.1. The van der Waals surface area contributed by atoms with E-state index in [2.05, 4.69) is 10.1 Å². The van der Waals surface area contributed by atoms with E-state index in [1.807, 2.05) is 0 Å². The molecule has 0 bridgehead atoms. The maximum atomic E-state index is 12.6. The van der Waals surface area contributed by atoms with Crippen LogP contribution < -0.4 is 10.1 Å². The second-order valence-electron chi connectivity index (χ2n) is 7.67. The van der Waals surface area contributed by atoms with Crippen LogP contribution >= 0.6 is 0 Å². The summed E-state index contributed by atoms with van der Waals surface area (Å²) in [6.45, 7) is -1.19. The maximum Gasteiger partial charge on any atom is 0.422 e. The van der Waals surface area contributed by atoms with Gasteiger partial charge in [-0.15, -0.1) is 0 Å². The molecule has 6 nitrogen and oxygen atoms in total. The summed E-state index contributed by atoms with van der Waals surface area (Å²) < 4.78 is 41.3. The lowest BCUT2D eigenvalue weighted by atomic mass is 10.1. The lowest BCUT2D eigenvalue weighted by molar-refractivity contribution is -0.153. The number of alkyl halides is 3. The van der Waals surface area contributed by atoms with Gasteiger partial charge in [0.1, 0.15) is 5.75 Å². The van der Waals surface area contributed by atoms with Crippen molar-refractivity contribution in [1.82, 2.24) is 10.2 Å². The van der Waals surface area contributed by atoms with E-state index in [4.69, 9.17) is 0 Å². The fraction of sp³-hybridized carbons (Fsp3) is 0.160. The molecule has 3 amide bonds. The summed E-state index contributed by atoms with van der Waals surface area (Å²) in [7, 11) is 0. The molecule has 0 saturated carbocycles. The van der Waals surface area contributed by atoms with Gasteiger partial charge in [-0.05, 0) is 47.5 Å². The molecule has 1 N–H and O–H groups in total. The Balaban J connectivity index is 1.35. The SMILES string of the molecule is O=C(NCc1ccc(OCC(F)(F)F)cc1)c1cccc(CN2C(=O)c3ccccc3C2=O)c1. The van der Waals surface area contributed by atoms with E-state index in [0.717, 1.165) is 4.90 Å². The van der Waals surface area contributed by atoms with Crippen LogP contribution in [0.2, 0.25) is 0 Å². The van der Waals surface area contributed by atoms with E-state index in [1.54, 1.807) is 60.7 Å². The Bertz CT molecular complexity index is 1200. The second kappa shape index (κ2) is 9.38. The molecule has 9 heteroatoms. The van der Waals surface area contributed by atoms with Crippen LogP contribution in [-0.4, -0.2) is 35.4 Å². The third kappa shape index (κ3) is 5.25. The van der Waals surface area contributed by atoms with Crippen LogP contribution in [0.1, 0.15) is 42.2 Å². The van der Waals surface area contributed by atoms with E-state index in [9.17, 15) is 27.6 Å². The maximum absolute atomic E-state index is 12.6. The molecule has 0 atom stereocenters. The van der Waals surface area contributed by atoms with Crippen LogP contribution in [0, 0.1) is 0 Å². The highest BCUT2D eigenvalue weighted by Gasteiger charge is 2.35. The highest BCUT2D eigenvalue weighted by atomic mass is 19.4. The summed E-state index contributed by atoms with van der Waals surface area (Å²) in [6, 6.07) is 19.1. The van der Waals surface area contributed by atoms with Crippen molar-refractivity contribution in [2.75, 3.05) is 6.61 Å². The largest absolute Gasteiger partial charge is 0.484 e. The lowest BCUT2D eigenvalue weighted by Gasteiger charge is -2.14. The van der Waals surface area contributed by atoms with Crippen molar-refractivity contribution < 1.29 is 32.3 Å². The number of imide groups is 1. The fourth-order valence-corrected chi connectivity index (χ4v) is 3.53. The average molecular weight is 468 g/mol. The van der Waals surface area contributed by atoms with E-state index in [-0.39, 0.29) is 36.6 Å². The molecule has 0 aliphatic carbocycles. The molecule has 3 aromatic rings. The topological polar surface area (TPSA) is 75.7 Å². The molecular formula is C25H19F3N2O4. The number of carbonyl (C=O) groups is 3. The first-order valence-electron chi connectivity index (χ1n) is 10.3. The fourth-order valence-electron chi connectivity index (χ4n) is 3.53. The molecule has 0 spiro atoms. The minimum atomic E-state index is -4.42. The highest BCUT2D eigenvalue weighted by molar-refractivity contribution is 6.21. The summed E-state index contributed by atoms with van der Waals surface area (Å²) in [6.07, 6.45) is -4.42. The standard InChI is InChI=1S/C25H19F3N2O4/c26-25(27,28)15-34-19-10-8-16(9-11-19)13-29-22(31)18-5-3-4-17(12-18)14-30-23(32)20-6-1-2-7-21(20)24(30)33/h1-12H,13-15H2,(H,29,31). The molecule has 3 aromatic carbocycles. The zero-order chi connectivity index (χ0) is 24.3. The summed E-state index contributed by atoms with van der Waals surface area (Å²) in [5, 5.41) is 2.74. The Morgan fingerprint density at radius 2 is 1.50 bits per heavy atom. The number of halogens is 3. The number of nitrogens with one attached hydrogen (secondary N) is 1. The van der Waals surface area contributed by atoms with Gasteiger partial charge in [0.2, 0.25) is 0 Å². The van der Waals surface area contributed by atoms with Gasteiger partial charge in [-0.25, -0.2) is 0 Å². The van der Waals surface area contributed by atoms with E-state index < -0.39 is 12.8 Å². The zero-order valence-corrected chi connectivity index (χ0v) is 17.8.